The van der Waals surface area contributed by atoms with Gasteiger partial charge in [0, 0.05) is 37.3 Å². The Bertz CT molecular complexity index is 1220. The zero-order valence-electron chi connectivity index (χ0n) is 21.3. The molecular formula is C25H33FN8O. The van der Waals surface area contributed by atoms with E-state index >= 15 is 0 Å². The summed E-state index contributed by atoms with van der Waals surface area (Å²) in [6, 6.07) is 7.85. The SMILES string of the molecule is CC.CC.CC.Cn1ccc(N2CC(=O)Nc3cnc(-n4ccnc4-c4ccc(F)cc4)nc32)n1. The van der Waals surface area contributed by atoms with Crippen LogP contribution in [0.25, 0.3) is 17.3 Å². The smallest absolute Gasteiger partial charge is 0.244 e. The fraction of sp³-hybridized carbons (Fsp3) is 0.320. The lowest BCUT2D eigenvalue weighted by Crippen LogP contribution is -2.36. The molecule has 0 saturated heterocycles. The maximum Gasteiger partial charge on any atom is 0.244 e. The lowest BCUT2D eigenvalue weighted by atomic mass is 10.2. The van der Waals surface area contributed by atoms with Crippen molar-refractivity contribution in [2.75, 3.05) is 16.8 Å². The molecule has 0 fully saturated rings. The van der Waals surface area contributed by atoms with Crippen LogP contribution >= 0.6 is 0 Å². The van der Waals surface area contributed by atoms with Gasteiger partial charge >= 0.3 is 0 Å². The van der Waals surface area contributed by atoms with E-state index in [9.17, 15) is 9.18 Å². The van der Waals surface area contributed by atoms with Crippen LogP contribution in [-0.4, -0.2) is 41.8 Å². The van der Waals surface area contributed by atoms with Crippen LogP contribution in [0, 0.1) is 5.82 Å². The number of carbonyl (C=O) groups excluding carboxylic acids is 1. The van der Waals surface area contributed by atoms with Gasteiger partial charge in [0.1, 0.15) is 23.9 Å². The Morgan fingerprint density at radius 3 is 2.26 bits per heavy atom. The normalized spacial score (nSPS) is 11.5. The van der Waals surface area contributed by atoms with Crippen LogP contribution < -0.4 is 10.2 Å². The number of carbonyl (C=O) groups is 1. The second kappa shape index (κ2) is 13.0. The molecule has 0 bridgehead atoms. The van der Waals surface area contributed by atoms with Crippen molar-refractivity contribution in [3.8, 4) is 17.3 Å². The van der Waals surface area contributed by atoms with Crippen LogP contribution in [0.1, 0.15) is 41.5 Å². The number of amides is 1. The fourth-order valence-electron chi connectivity index (χ4n) is 3.20. The second-order valence-electron chi connectivity index (χ2n) is 6.52. The molecule has 3 aromatic heterocycles. The molecule has 4 heterocycles. The fourth-order valence-corrected chi connectivity index (χ4v) is 3.20. The molecule has 0 saturated carbocycles. The first-order valence-electron chi connectivity index (χ1n) is 11.8. The Morgan fingerprint density at radius 2 is 1.63 bits per heavy atom. The van der Waals surface area contributed by atoms with Crippen LogP contribution in [0.5, 0.6) is 0 Å². The predicted molar refractivity (Wildman–Crippen MR) is 137 cm³/mol. The van der Waals surface area contributed by atoms with Crippen molar-refractivity contribution in [1.82, 2.24) is 29.3 Å². The number of imidazole rings is 1. The zero-order chi connectivity index (χ0) is 26.0. The van der Waals surface area contributed by atoms with Crippen molar-refractivity contribution in [3.63, 3.8) is 0 Å². The van der Waals surface area contributed by atoms with Crippen molar-refractivity contribution in [3.05, 3.63) is 60.9 Å². The molecule has 9 nitrogen and oxygen atoms in total. The van der Waals surface area contributed by atoms with Crippen molar-refractivity contribution >= 4 is 23.2 Å². The van der Waals surface area contributed by atoms with E-state index in [1.54, 1.807) is 58.1 Å². The van der Waals surface area contributed by atoms with E-state index in [-0.39, 0.29) is 18.3 Å². The molecule has 186 valence electrons. The van der Waals surface area contributed by atoms with Gasteiger partial charge in [-0.05, 0) is 24.3 Å². The average Bonchev–Trinajstić information content (AvgIpc) is 3.57. The third kappa shape index (κ3) is 6.08. The van der Waals surface area contributed by atoms with Gasteiger partial charge in [-0.3, -0.25) is 18.9 Å². The highest BCUT2D eigenvalue weighted by atomic mass is 19.1. The van der Waals surface area contributed by atoms with Crippen LogP contribution in [-0.2, 0) is 11.8 Å². The van der Waals surface area contributed by atoms with Crippen molar-refractivity contribution in [2.24, 2.45) is 7.05 Å². The molecule has 0 radical (unpaired) electrons. The number of hydrogen-bond donors (Lipinski definition) is 1. The molecule has 1 aliphatic heterocycles. The number of aromatic nitrogens is 6. The molecule has 35 heavy (non-hydrogen) atoms. The molecule has 4 aromatic rings. The molecule has 0 unspecified atom stereocenters. The van der Waals surface area contributed by atoms with Gasteiger partial charge in [-0.1, -0.05) is 41.5 Å². The topological polar surface area (TPSA) is 93.8 Å². The molecule has 0 spiro atoms. The van der Waals surface area contributed by atoms with Crippen molar-refractivity contribution in [1.29, 1.82) is 0 Å². The third-order valence-corrected chi connectivity index (χ3v) is 4.52. The Morgan fingerprint density at radius 1 is 0.943 bits per heavy atom. The van der Waals surface area contributed by atoms with E-state index in [1.165, 1.54) is 12.1 Å². The monoisotopic (exact) mass is 480 g/mol. The molecule has 5 rings (SSSR count). The van der Waals surface area contributed by atoms with Gasteiger partial charge in [0.2, 0.25) is 11.9 Å². The second-order valence-corrected chi connectivity index (χ2v) is 6.52. The minimum atomic E-state index is -0.321. The predicted octanol–water partition coefficient (Wildman–Crippen LogP) is 5.37. The number of halogens is 1. The summed E-state index contributed by atoms with van der Waals surface area (Å²) in [5.74, 6) is 1.60. The van der Waals surface area contributed by atoms with Gasteiger partial charge in [-0.2, -0.15) is 10.1 Å². The molecule has 1 aromatic carbocycles. The van der Waals surface area contributed by atoms with Crippen LogP contribution in [0.4, 0.5) is 21.7 Å². The van der Waals surface area contributed by atoms with Crippen LogP contribution in [0.3, 0.4) is 0 Å². The number of nitrogens with one attached hydrogen (secondary N) is 1. The summed E-state index contributed by atoms with van der Waals surface area (Å²) in [7, 11) is 1.81. The number of benzene rings is 1. The lowest BCUT2D eigenvalue weighted by Gasteiger charge is -2.27. The maximum absolute atomic E-state index is 13.3. The summed E-state index contributed by atoms with van der Waals surface area (Å²) >= 11 is 0. The van der Waals surface area contributed by atoms with Gasteiger partial charge in [-0.25, -0.2) is 14.4 Å². The van der Waals surface area contributed by atoms with Gasteiger partial charge in [-0.15, -0.1) is 0 Å². The molecule has 0 atom stereocenters. The molecular weight excluding hydrogens is 447 g/mol. The van der Waals surface area contributed by atoms with Crippen LogP contribution in [0.2, 0.25) is 0 Å². The van der Waals surface area contributed by atoms with E-state index < -0.39 is 0 Å². The van der Waals surface area contributed by atoms with Gasteiger partial charge in [0.25, 0.3) is 0 Å². The first-order valence-corrected chi connectivity index (χ1v) is 11.8. The molecule has 0 aliphatic carbocycles. The third-order valence-electron chi connectivity index (χ3n) is 4.52. The van der Waals surface area contributed by atoms with Crippen molar-refractivity contribution in [2.45, 2.75) is 41.5 Å². The molecule has 1 aliphatic rings. The first-order chi connectivity index (χ1) is 17.1. The van der Waals surface area contributed by atoms with Gasteiger partial charge in [0.05, 0.1) is 6.20 Å². The average molecular weight is 481 g/mol. The Balaban J connectivity index is 0.000000671. The summed E-state index contributed by atoms with van der Waals surface area (Å²) in [4.78, 5) is 27.2. The summed E-state index contributed by atoms with van der Waals surface area (Å²) < 4.78 is 16.6. The van der Waals surface area contributed by atoms with Gasteiger partial charge < -0.3 is 5.32 Å². The highest BCUT2D eigenvalue weighted by molar-refractivity contribution is 6.01. The highest BCUT2D eigenvalue weighted by Crippen LogP contribution is 2.32. The lowest BCUT2D eigenvalue weighted by molar-refractivity contribution is -0.115. The zero-order valence-corrected chi connectivity index (χ0v) is 21.3. The van der Waals surface area contributed by atoms with Gasteiger partial charge in [0.15, 0.2) is 11.6 Å². The van der Waals surface area contributed by atoms with Crippen molar-refractivity contribution < 1.29 is 9.18 Å². The standard InChI is InChI=1S/C19H15FN8O.3C2H6/c1-26-8-6-15(25-26)28-11-16(29)23-14-10-22-19(24-18(14)28)27-9-7-21-17(27)12-2-4-13(20)5-3-12;3*1-2/h2-10H,11H2,1H3,(H,23,29);3*1-2H3. The Labute approximate surface area is 205 Å². The maximum atomic E-state index is 13.3. The van der Waals surface area contributed by atoms with E-state index in [0.717, 1.165) is 5.56 Å². The first kappa shape index (κ1) is 27.2. The highest BCUT2D eigenvalue weighted by Gasteiger charge is 2.27. The Kier molecular flexibility index (Phi) is 10.1. The quantitative estimate of drug-likeness (QED) is 0.424. The summed E-state index contributed by atoms with van der Waals surface area (Å²) in [6.07, 6.45) is 6.71. The van der Waals surface area contributed by atoms with Crippen LogP contribution in [0.15, 0.2) is 55.1 Å². The Hall–Kier alpha value is -4.08. The number of hydrogen-bond acceptors (Lipinski definition) is 6. The largest absolute Gasteiger partial charge is 0.320 e. The van der Waals surface area contributed by atoms with E-state index in [4.69, 9.17) is 0 Å². The number of rotatable bonds is 3. The molecule has 1 N–H and O–H groups in total. The molecule has 10 heteroatoms. The number of fused-ring (bicyclic) bond motifs is 1. The number of aryl methyl sites for hydroxylation is 1. The minimum Gasteiger partial charge on any atom is -0.320 e. The van der Waals surface area contributed by atoms with E-state index in [1.807, 2.05) is 47.6 Å². The summed E-state index contributed by atoms with van der Waals surface area (Å²) in [6.45, 7) is 12.1. The minimum absolute atomic E-state index is 0.0925. The molecule has 1 amide bonds. The summed E-state index contributed by atoms with van der Waals surface area (Å²) in [5, 5.41) is 7.17. The van der Waals surface area contributed by atoms with E-state index in [0.29, 0.717) is 29.1 Å². The summed E-state index contributed by atoms with van der Waals surface area (Å²) in [5.41, 5.74) is 1.23. The van der Waals surface area contributed by atoms with E-state index in [2.05, 4.69) is 25.4 Å². The number of nitrogens with zero attached hydrogens (tertiary/aromatic N) is 7. The number of anilines is 3.